The third-order valence-electron chi connectivity index (χ3n) is 6.38. The van der Waals surface area contributed by atoms with E-state index in [4.69, 9.17) is 4.74 Å². The number of hydrogen-bond acceptors (Lipinski definition) is 2. The predicted molar refractivity (Wildman–Crippen MR) is 80.4 cm³/mol. The molecule has 3 fully saturated rings. The molecule has 2 aliphatic carbocycles. The Hall–Kier alpha value is -0.380. The van der Waals surface area contributed by atoms with E-state index in [9.17, 15) is 0 Å². The summed E-state index contributed by atoms with van der Waals surface area (Å²) in [5.41, 5.74) is 0. The van der Waals surface area contributed by atoms with Crippen LogP contribution in [0.5, 0.6) is 0 Å². The van der Waals surface area contributed by atoms with E-state index >= 15 is 0 Å². The fraction of sp³-hybridized carbons (Fsp3) is 0.882. The zero-order chi connectivity index (χ0) is 13.6. The van der Waals surface area contributed by atoms with E-state index in [0.717, 1.165) is 50.0 Å². The van der Waals surface area contributed by atoms with Crippen molar-refractivity contribution in [2.45, 2.75) is 12.8 Å². The first kappa shape index (κ1) is 13.3. The summed E-state index contributed by atoms with van der Waals surface area (Å²) in [7, 11) is 2.51. The number of ether oxygens (including phenoxy) is 1. The van der Waals surface area contributed by atoms with E-state index in [1.54, 1.807) is 0 Å². The highest BCUT2D eigenvalue weighted by Crippen LogP contribution is 2.52. The quantitative estimate of drug-likeness (QED) is 0.572. The fourth-order valence-electron chi connectivity index (χ4n) is 5.34. The van der Waals surface area contributed by atoms with Gasteiger partial charge in [0, 0.05) is 37.9 Å². The second-order valence-corrected chi connectivity index (χ2v) is 7.79. The van der Waals surface area contributed by atoms with Gasteiger partial charge in [0.25, 0.3) is 0 Å². The first-order chi connectivity index (χ1) is 9.73. The van der Waals surface area contributed by atoms with Crippen LogP contribution in [0.15, 0.2) is 12.2 Å². The first-order valence-corrected chi connectivity index (χ1v) is 8.55. The average Bonchev–Trinajstić information content (AvgIpc) is 3.11. The molecule has 0 aromatic rings. The number of quaternary nitrogens is 1. The van der Waals surface area contributed by atoms with Crippen molar-refractivity contribution in [3.8, 4) is 0 Å². The van der Waals surface area contributed by atoms with Crippen molar-refractivity contribution >= 4 is 0 Å². The minimum atomic E-state index is 0.934. The number of likely N-dealkylation sites (tertiary alicyclic amines) is 1. The van der Waals surface area contributed by atoms with Gasteiger partial charge in [-0.2, -0.15) is 0 Å². The molecule has 0 aromatic carbocycles. The maximum atomic E-state index is 5.43. The molecule has 2 aliphatic heterocycles. The Morgan fingerprint density at radius 1 is 1.10 bits per heavy atom. The van der Waals surface area contributed by atoms with Crippen LogP contribution in [0.2, 0.25) is 0 Å². The summed E-state index contributed by atoms with van der Waals surface area (Å²) < 4.78 is 6.77. The lowest BCUT2D eigenvalue weighted by atomic mass is 9.86. The van der Waals surface area contributed by atoms with Crippen LogP contribution in [0.3, 0.4) is 0 Å². The van der Waals surface area contributed by atoms with E-state index in [1.807, 2.05) is 0 Å². The SMILES string of the molecule is C[N+]1(CCCN2CCOCC2)CC2C3C=CC(C3)C2C1. The average molecular weight is 277 g/mol. The minimum absolute atomic E-state index is 0.934. The van der Waals surface area contributed by atoms with Gasteiger partial charge >= 0.3 is 0 Å². The second kappa shape index (κ2) is 5.11. The number of fused-ring (bicyclic) bond motifs is 5. The highest BCUT2D eigenvalue weighted by atomic mass is 16.5. The molecule has 112 valence electrons. The Balaban J connectivity index is 1.27. The predicted octanol–water partition coefficient (Wildman–Crippen LogP) is 1.61. The lowest BCUT2D eigenvalue weighted by Gasteiger charge is -2.33. The second-order valence-electron chi connectivity index (χ2n) is 7.79. The summed E-state index contributed by atoms with van der Waals surface area (Å²) in [6.07, 6.45) is 7.88. The molecule has 0 spiro atoms. The van der Waals surface area contributed by atoms with Crippen molar-refractivity contribution < 1.29 is 9.22 Å². The maximum Gasteiger partial charge on any atom is 0.0824 e. The van der Waals surface area contributed by atoms with Gasteiger partial charge in [0.1, 0.15) is 0 Å². The number of morpholine rings is 1. The molecule has 0 radical (unpaired) electrons. The number of nitrogens with zero attached hydrogens (tertiary/aromatic N) is 2. The smallest absolute Gasteiger partial charge is 0.0824 e. The summed E-state index contributed by atoms with van der Waals surface area (Å²) in [6, 6.07) is 0. The summed E-state index contributed by atoms with van der Waals surface area (Å²) in [6.45, 7) is 9.70. The van der Waals surface area contributed by atoms with Gasteiger partial charge in [-0.05, 0) is 18.3 Å². The molecule has 4 rings (SSSR count). The molecule has 20 heavy (non-hydrogen) atoms. The Labute approximate surface area is 123 Å². The Kier molecular flexibility index (Phi) is 3.40. The molecule has 2 bridgehead atoms. The van der Waals surface area contributed by atoms with Crippen LogP contribution in [0.25, 0.3) is 0 Å². The molecule has 2 saturated heterocycles. The Morgan fingerprint density at radius 2 is 1.75 bits per heavy atom. The van der Waals surface area contributed by atoms with Crippen LogP contribution in [-0.4, -0.2) is 68.9 Å². The number of hydrogen-bond donors (Lipinski definition) is 0. The summed E-state index contributed by atoms with van der Waals surface area (Å²) in [4.78, 5) is 2.58. The molecule has 0 amide bonds. The van der Waals surface area contributed by atoms with E-state index in [2.05, 4.69) is 24.1 Å². The minimum Gasteiger partial charge on any atom is -0.379 e. The molecule has 3 heteroatoms. The molecule has 0 N–H and O–H groups in total. The Morgan fingerprint density at radius 3 is 2.40 bits per heavy atom. The largest absolute Gasteiger partial charge is 0.379 e. The molecule has 1 saturated carbocycles. The fourth-order valence-corrected chi connectivity index (χ4v) is 5.34. The van der Waals surface area contributed by atoms with Crippen molar-refractivity contribution in [1.29, 1.82) is 0 Å². The highest BCUT2D eigenvalue weighted by molar-refractivity contribution is 5.14. The van der Waals surface area contributed by atoms with Crippen LogP contribution in [0.1, 0.15) is 12.8 Å². The van der Waals surface area contributed by atoms with Crippen molar-refractivity contribution in [3.63, 3.8) is 0 Å². The first-order valence-electron chi connectivity index (χ1n) is 8.55. The van der Waals surface area contributed by atoms with Crippen molar-refractivity contribution in [1.82, 2.24) is 4.90 Å². The topological polar surface area (TPSA) is 12.5 Å². The van der Waals surface area contributed by atoms with Crippen molar-refractivity contribution in [2.75, 3.05) is 59.5 Å². The molecule has 4 atom stereocenters. The summed E-state index contributed by atoms with van der Waals surface area (Å²) in [5.74, 6) is 3.89. The number of rotatable bonds is 4. The molecule has 4 unspecified atom stereocenters. The lowest BCUT2D eigenvalue weighted by Crippen LogP contribution is -2.45. The van der Waals surface area contributed by atoms with Crippen LogP contribution >= 0.6 is 0 Å². The lowest BCUT2D eigenvalue weighted by molar-refractivity contribution is -0.901. The van der Waals surface area contributed by atoms with E-state index in [-0.39, 0.29) is 0 Å². The molecular formula is C17H29N2O+. The van der Waals surface area contributed by atoms with Crippen LogP contribution < -0.4 is 0 Å². The van der Waals surface area contributed by atoms with Gasteiger partial charge in [-0.1, -0.05) is 12.2 Å². The molecule has 3 nitrogen and oxygen atoms in total. The molecule has 4 aliphatic rings. The summed E-state index contributed by atoms with van der Waals surface area (Å²) in [5, 5.41) is 0. The third-order valence-corrected chi connectivity index (χ3v) is 6.38. The van der Waals surface area contributed by atoms with Gasteiger partial charge in [0.05, 0.1) is 39.9 Å². The molecule has 0 aromatic heterocycles. The van der Waals surface area contributed by atoms with Gasteiger partial charge < -0.3 is 9.22 Å². The van der Waals surface area contributed by atoms with E-state index < -0.39 is 0 Å². The standard InChI is InChI=1S/C17H29N2O/c1-19(8-2-5-18-6-9-20-10-7-18)12-16-14-3-4-15(11-14)17(16)13-19/h3-4,14-17H,2,5-13H2,1H3/q+1. The molecule has 2 heterocycles. The van der Waals surface area contributed by atoms with Crippen LogP contribution in [0, 0.1) is 23.7 Å². The van der Waals surface area contributed by atoms with Gasteiger partial charge in [-0.3, -0.25) is 4.90 Å². The third kappa shape index (κ3) is 2.34. The normalized spacial score (nSPS) is 47.0. The highest BCUT2D eigenvalue weighted by Gasteiger charge is 2.54. The van der Waals surface area contributed by atoms with Crippen LogP contribution in [0.4, 0.5) is 0 Å². The van der Waals surface area contributed by atoms with Gasteiger partial charge in [-0.15, -0.1) is 0 Å². The van der Waals surface area contributed by atoms with Crippen LogP contribution in [-0.2, 0) is 4.74 Å². The Bertz CT molecular complexity index is 368. The van der Waals surface area contributed by atoms with E-state index in [0.29, 0.717) is 0 Å². The van der Waals surface area contributed by atoms with Crippen molar-refractivity contribution in [3.05, 3.63) is 12.2 Å². The monoisotopic (exact) mass is 277 g/mol. The zero-order valence-electron chi connectivity index (χ0n) is 12.8. The zero-order valence-corrected chi connectivity index (χ0v) is 12.8. The van der Waals surface area contributed by atoms with Crippen molar-refractivity contribution in [2.24, 2.45) is 23.7 Å². The summed E-state index contributed by atoms with van der Waals surface area (Å²) >= 11 is 0. The maximum absolute atomic E-state index is 5.43. The van der Waals surface area contributed by atoms with Gasteiger partial charge in [0.15, 0.2) is 0 Å². The van der Waals surface area contributed by atoms with Gasteiger partial charge in [-0.25, -0.2) is 0 Å². The molecular weight excluding hydrogens is 248 g/mol. The van der Waals surface area contributed by atoms with E-state index in [1.165, 1.54) is 43.5 Å². The van der Waals surface area contributed by atoms with Gasteiger partial charge in [0.2, 0.25) is 0 Å². The number of allylic oxidation sites excluding steroid dienone is 2.